The van der Waals surface area contributed by atoms with Gasteiger partial charge in [-0.1, -0.05) is 109 Å². The van der Waals surface area contributed by atoms with Crippen LogP contribution in [0.15, 0.2) is 109 Å². The maximum absolute atomic E-state index is 2.53. The second kappa shape index (κ2) is 7.70. The van der Waals surface area contributed by atoms with E-state index in [9.17, 15) is 0 Å². The van der Waals surface area contributed by atoms with Crippen molar-refractivity contribution < 1.29 is 0 Å². The molecule has 0 radical (unpaired) electrons. The van der Waals surface area contributed by atoms with Crippen LogP contribution >= 0.6 is 0 Å². The lowest BCUT2D eigenvalue weighted by Crippen LogP contribution is -2.56. The zero-order valence-electron chi connectivity index (χ0n) is 19.8. The molecule has 0 aromatic heterocycles. The number of benzene rings is 4. The number of rotatable bonds is 4. The highest BCUT2D eigenvalue weighted by atomic mass is 14.6. The number of hydrogen-bond donors (Lipinski definition) is 0. The van der Waals surface area contributed by atoms with Gasteiger partial charge in [-0.15, -0.1) is 0 Å². The molecule has 4 fully saturated rings. The maximum Gasteiger partial charge on any atom is -0.00271 e. The lowest BCUT2D eigenvalue weighted by molar-refractivity contribution is -0.0278. The first-order valence-corrected chi connectivity index (χ1v) is 13.0. The third-order valence-electron chi connectivity index (χ3n) is 9.23. The van der Waals surface area contributed by atoms with E-state index in [0.29, 0.717) is 10.8 Å². The minimum Gasteiger partial charge on any atom is -0.0622 e. The van der Waals surface area contributed by atoms with Crippen LogP contribution < -0.4 is 0 Å². The average molecular weight is 441 g/mol. The Morgan fingerprint density at radius 1 is 0.500 bits per heavy atom. The van der Waals surface area contributed by atoms with Crippen LogP contribution in [0.5, 0.6) is 0 Å². The molecule has 4 aromatic carbocycles. The van der Waals surface area contributed by atoms with Crippen molar-refractivity contribution in [2.45, 2.75) is 49.4 Å². The average Bonchev–Trinajstić information content (AvgIpc) is 2.89. The van der Waals surface area contributed by atoms with Crippen molar-refractivity contribution in [1.82, 2.24) is 0 Å². The fourth-order valence-corrected chi connectivity index (χ4v) is 8.39. The van der Waals surface area contributed by atoms with Crippen molar-refractivity contribution in [3.05, 3.63) is 120 Å². The van der Waals surface area contributed by atoms with Crippen molar-refractivity contribution in [3.63, 3.8) is 0 Å². The van der Waals surface area contributed by atoms with Gasteiger partial charge in [0.25, 0.3) is 0 Å². The summed E-state index contributed by atoms with van der Waals surface area (Å²) in [5.41, 5.74) is 9.35. The Hall–Kier alpha value is -3.12. The van der Waals surface area contributed by atoms with Crippen LogP contribution in [0.25, 0.3) is 22.3 Å². The van der Waals surface area contributed by atoms with Gasteiger partial charge in [-0.2, -0.15) is 0 Å². The highest BCUT2D eigenvalue weighted by Crippen LogP contribution is 2.67. The summed E-state index contributed by atoms with van der Waals surface area (Å²) in [6.45, 7) is 0. The fraction of sp³-hybridized carbons (Fsp3) is 0.294. The summed E-state index contributed by atoms with van der Waals surface area (Å²) in [5, 5.41) is 0. The predicted octanol–water partition coefficient (Wildman–Crippen LogP) is 8.81. The van der Waals surface area contributed by atoms with Crippen molar-refractivity contribution >= 4 is 0 Å². The quantitative estimate of drug-likeness (QED) is 0.297. The smallest absolute Gasteiger partial charge is 0.00271 e. The summed E-state index contributed by atoms with van der Waals surface area (Å²) in [6.07, 6.45) is 8.22. The first-order chi connectivity index (χ1) is 16.7. The molecular weight excluding hydrogens is 408 g/mol. The largest absolute Gasteiger partial charge is 0.0622 e. The van der Waals surface area contributed by atoms with Gasteiger partial charge in [0.2, 0.25) is 0 Å². The van der Waals surface area contributed by atoms with Crippen LogP contribution in [-0.2, 0) is 10.8 Å². The highest BCUT2D eigenvalue weighted by Gasteiger charge is 2.59. The van der Waals surface area contributed by atoms with E-state index >= 15 is 0 Å². The fourth-order valence-electron chi connectivity index (χ4n) is 8.39. The monoisotopic (exact) mass is 440 g/mol. The van der Waals surface area contributed by atoms with E-state index in [1.807, 2.05) is 0 Å². The standard InChI is InChI=1S/C34H32/c1-3-10-27(11-4-1)29-14-9-15-30(19-29)33-20-25-18-26(21-33)23-34(22-25,24-33)32-17-8-7-16-31(32)28-12-5-2-6-13-28/h1-17,19,25-26H,18,20-24H2. The van der Waals surface area contributed by atoms with E-state index < -0.39 is 0 Å². The molecule has 4 saturated carbocycles. The molecule has 0 nitrogen and oxygen atoms in total. The molecule has 168 valence electrons. The second-order valence-electron chi connectivity index (χ2n) is 11.4. The summed E-state index contributed by atoms with van der Waals surface area (Å²) in [6, 6.07) is 40.9. The van der Waals surface area contributed by atoms with Gasteiger partial charge in [-0.3, -0.25) is 0 Å². The Morgan fingerprint density at radius 3 is 1.82 bits per heavy atom. The third kappa shape index (κ3) is 3.19. The van der Waals surface area contributed by atoms with Crippen LogP contribution in [0.4, 0.5) is 0 Å². The lowest BCUT2D eigenvalue weighted by atomic mass is 9.41. The molecule has 4 bridgehead atoms. The lowest BCUT2D eigenvalue weighted by Gasteiger charge is -2.63. The Kier molecular flexibility index (Phi) is 4.59. The van der Waals surface area contributed by atoms with Crippen LogP contribution in [0, 0.1) is 11.8 Å². The van der Waals surface area contributed by atoms with Crippen LogP contribution in [-0.4, -0.2) is 0 Å². The SMILES string of the molecule is c1ccc(-c2cccc(C34CC5CC(C3)CC(c3ccccc3-c3ccccc3)(C5)C4)c2)cc1. The topological polar surface area (TPSA) is 0 Å². The van der Waals surface area contributed by atoms with Crippen molar-refractivity contribution in [3.8, 4) is 22.3 Å². The molecule has 4 aliphatic rings. The van der Waals surface area contributed by atoms with E-state index in [2.05, 4.69) is 109 Å². The van der Waals surface area contributed by atoms with E-state index in [-0.39, 0.29) is 0 Å². The van der Waals surface area contributed by atoms with Gasteiger partial charge in [-0.05, 0) is 94.6 Å². The molecule has 2 unspecified atom stereocenters. The molecule has 4 aliphatic carbocycles. The molecule has 4 aromatic rings. The van der Waals surface area contributed by atoms with E-state index in [1.54, 1.807) is 11.1 Å². The Balaban J connectivity index is 1.34. The molecule has 0 heteroatoms. The second-order valence-corrected chi connectivity index (χ2v) is 11.4. The third-order valence-corrected chi connectivity index (χ3v) is 9.23. The molecule has 0 N–H and O–H groups in total. The first-order valence-electron chi connectivity index (χ1n) is 13.0. The minimum atomic E-state index is 0.305. The minimum absolute atomic E-state index is 0.305. The van der Waals surface area contributed by atoms with Gasteiger partial charge >= 0.3 is 0 Å². The van der Waals surface area contributed by atoms with Crippen molar-refractivity contribution in [2.24, 2.45) is 11.8 Å². The molecule has 0 aliphatic heterocycles. The van der Waals surface area contributed by atoms with Gasteiger partial charge in [0.15, 0.2) is 0 Å². The predicted molar refractivity (Wildman–Crippen MR) is 142 cm³/mol. The summed E-state index contributed by atoms with van der Waals surface area (Å²) >= 11 is 0. The summed E-state index contributed by atoms with van der Waals surface area (Å²) in [5.74, 6) is 1.70. The molecule has 0 heterocycles. The van der Waals surface area contributed by atoms with Gasteiger partial charge < -0.3 is 0 Å². The Bertz CT molecular complexity index is 1300. The molecule has 2 atom stereocenters. The van der Waals surface area contributed by atoms with Gasteiger partial charge in [0.05, 0.1) is 0 Å². The molecule has 0 amide bonds. The van der Waals surface area contributed by atoms with Crippen molar-refractivity contribution in [1.29, 1.82) is 0 Å². The van der Waals surface area contributed by atoms with E-state index in [4.69, 9.17) is 0 Å². The van der Waals surface area contributed by atoms with Crippen LogP contribution in [0.3, 0.4) is 0 Å². The normalized spacial score (nSPS) is 29.3. The summed E-state index contributed by atoms with van der Waals surface area (Å²) in [7, 11) is 0. The Labute approximate surface area is 203 Å². The molecule has 0 spiro atoms. The van der Waals surface area contributed by atoms with E-state index in [0.717, 1.165) is 11.8 Å². The van der Waals surface area contributed by atoms with Crippen LogP contribution in [0.1, 0.15) is 49.7 Å². The highest BCUT2D eigenvalue weighted by molar-refractivity contribution is 5.69. The van der Waals surface area contributed by atoms with Crippen LogP contribution in [0.2, 0.25) is 0 Å². The van der Waals surface area contributed by atoms with Gasteiger partial charge in [-0.25, -0.2) is 0 Å². The number of hydrogen-bond acceptors (Lipinski definition) is 0. The Morgan fingerprint density at radius 2 is 1.09 bits per heavy atom. The summed E-state index contributed by atoms with van der Waals surface area (Å²) in [4.78, 5) is 0. The zero-order valence-corrected chi connectivity index (χ0v) is 19.8. The zero-order chi connectivity index (χ0) is 22.6. The molecule has 8 rings (SSSR count). The van der Waals surface area contributed by atoms with Crippen molar-refractivity contribution in [2.75, 3.05) is 0 Å². The van der Waals surface area contributed by atoms with Gasteiger partial charge in [0, 0.05) is 0 Å². The maximum atomic E-state index is 2.53. The van der Waals surface area contributed by atoms with E-state index in [1.165, 1.54) is 60.8 Å². The summed E-state index contributed by atoms with van der Waals surface area (Å²) < 4.78 is 0. The molecule has 0 saturated heterocycles. The van der Waals surface area contributed by atoms with Gasteiger partial charge in [0.1, 0.15) is 0 Å². The molecule has 34 heavy (non-hydrogen) atoms. The first kappa shape index (κ1) is 20.3. The molecular formula is C34H32.